The van der Waals surface area contributed by atoms with Gasteiger partial charge in [0, 0.05) is 21.1 Å². The van der Waals surface area contributed by atoms with E-state index in [-0.39, 0.29) is 0 Å². The minimum absolute atomic E-state index is 0.922. The van der Waals surface area contributed by atoms with Crippen LogP contribution >= 0.6 is 0 Å². The number of aromatic nitrogens is 3. The lowest BCUT2D eigenvalue weighted by molar-refractivity contribution is 0.926. The van der Waals surface area contributed by atoms with Gasteiger partial charge in [-0.25, -0.2) is 9.97 Å². The molecule has 68 valence electrons. The van der Waals surface area contributed by atoms with Crippen molar-refractivity contribution in [2.75, 3.05) is 19.0 Å². The highest BCUT2D eigenvalue weighted by molar-refractivity contribution is 5.72. The maximum Gasteiger partial charge on any atom is 0.161 e. The first-order valence-corrected chi connectivity index (χ1v) is 4.14. The molecule has 0 aliphatic heterocycles. The van der Waals surface area contributed by atoms with Crippen molar-refractivity contribution < 1.29 is 0 Å². The Balaban J connectivity index is 2.66. The Bertz CT molecular complexity index is 430. The highest BCUT2D eigenvalue weighted by Crippen LogP contribution is 2.14. The third kappa shape index (κ3) is 1.24. The molecule has 2 rings (SSSR count). The zero-order valence-electron chi connectivity index (χ0n) is 8.02. The zero-order chi connectivity index (χ0) is 9.42. The zero-order valence-corrected chi connectivity index (χ0v) is 8.02. The second kappa shape index (κ2) is 2.73. The van der Waals surface area contributed by atoms with Gasteiger partial charge in [-0.15, -0.1) is 0 Å². The molecule has 2 heterocycles. The lowest BCUT2D eigenvalue weighted by atomic mass is 10.4. The fourth-order valence-corrected chi connectivity index (χ4v) is 1.24. The second-order valence-corrected chi connectivity index (χ2v) is 3.26. The molecule has 0 N–H and O–H groups in total. The van der Waals surface area contributed by atoms with Gasteiger partial charge >= 0.3 is 0 Å². The molecular weight excluding hydrogens is 164 g/mol. The Hall–Kier alpha value is -1.58. The van der Waals surface area contributed by atoms with Crippen LogP contribution in [0.5, 0.6) is 0 Å². The van der Waals surface area contributed by atoms with Crippen molar-refractivity contribution in [2.24, 2.45) is 7.05 Å². The Kier molecular flexibility index (Phi) is 1.69. The molecule has 0 bridgehead atoms. The molecule has 4 nitrogen and oxygen atoms in total. The molecule has 0 saturated carbocycles. The summed E-state index contributed by atoms with van der Waals surface area (Å²) in [4.78, 5) is 10.6. The first kappa shape index (κ1) is 8.04. The standard InChI is InChI=1S/C9H12N4/c1-12(2)8-5-4-7-9(11-8)13(3)6-10-7/h4-6H,1-3H3. The van der Waals surface area contributed by atoms with Gasteiger partial charge in [0.15, 0.2) is 5.65 Å². The SMILES string of the molecule is CN(C)c1ccc2ncn(C)c2n1. The molecule has 0 amide bonds. The molecule has 0 spiro atoms. The van der Waals surface area contributed by atoms with Gasteiger partial charge in [-0.3, -0.25) is 0 Å². The second-order valence-electron chi connectivity index (χ2n) is 3.26. The van der Waals surface area contributed by atoms with Crippen LogP contribution in [0.1, 0.15) is 0 Å². The average Bonchev–Trinajstić information content (AvgIpc) is 2.47. The average molecular weight is 176 g/mol. The maximum absolute atomic E-state index is 4.46. The van der Waals surface area contributed by atoms with E-state index < -0.39 is 0 Å². The molecule has 0 aliphatic rings. The number of pyridine rings is 1. The number of imidazole rings is 1. The Morgan fingerprint density at radius 3 is 2.77 bits per heavy atom. The Morgan fingerprint density at radius 2 is 2.08 bits per heavy atom. The number of hydrogen-bond acceptors (Lipinski definition) is 3. The molecule has 13 heavy (non-hydrogen) atoms. The maximum atomic E-state index is 4.46. The van der Waals surface area contributed by atoms with E-state index in [4.69, 9.17) is 0 Å². The molecule has 2 aromatic rings. The van der Waals surface area contributed by atoms with Gasteiger partial charge in [0.2, 0.25) is 0 Å². The van der Waals surface area contributed by atoms with Gasteiger partial charge in [0.25, 0.3) is 0 Å². The predicted octanol–water partition coefficient (Wildman–Crippen LogP) is 1.03. The third-order valence-electron chi connectivity index (χ3n) is 2.00. The summed E-state index contributed by atoms with van der Waals surface area (Å²) in [6.07, 6.45) is 1.77. The van der Waals surface area contributed by atoms with Crippen LogP contribution in [0.2, 0.25) is 0 Å². The Labute approximate surface area is 76.8 Å². The largest absolute Gasteiger partial charge is 0.363 e. The fraction of sp³-hybridized carbons (Fsp3) is 0.333. The summed E-state index contributed by atoms with van der Waals surface area (Å²) in [5.41, 5.74) is 1.86. The number of nitrogens with zero attached hydrogens (tertiary/aromatic N) is 4. The predicted molar refractivity (Wildman–Crippen MR) is 52.8 cm³/mol. The van der Waals surface area contributed by atoms with E-state index in [1.807, 2.05) is 42.7 Å². The van der Waals surface area contributed by atoms with Crippen LogP contribution in [0, 0.1) is 0 Å². The summed E-state index contributed by atoms with van der Waals surface area (Å²) in [7, 11) is 5.90. The molecule has 0 aromatic carbocycles. The molecule has 0 unspecified atom stereocenters. The van der Waals surface area contributed by atoms with Crippen LogP contribution in [-0.2, 0) is 7.05 Å². The molecular formula is C9H12N4. The summed E-state index contributed by atoms with van der Waals surface area (Å²) in [5, 5.41) is 0. The fourth-order valence-electron chi connectivity index (χ4n) is 1.24. The van der Waals surface area contributed by atoms with Gasteiger partial charge in [-0.05, 0) is 12.1 Å². The van der Waals surface area contributed by atoms with Crippen LogP contribution in [0.3, 0.4) is 0 Å². The van der Waals surface area contributed by atoms with E-state index in [2.05, 4.69) is 9.97 Å². The first-order valence-electron chi connectivity index (χ1n) is 4.14. The van der Waals surface area contributed by atoms with E-state index in [1.165, 1.54) is 0 Å². The number of aryl methyl sites for hydroxylation is 1. The van der Waals surface area contributed by atoms with E-state index in [1.54, 1.807) is 6.33 Å². The highest BCUT2D eigenvalue weighted by Gasteiger charge is 2.03. The lowest BCUT2D eigenvalue weighted by Gasteiger charge is -2.10. The number of hydrogen-bond donors (Lipinski definition) is 0. The van der Waals surface area contributed by atoms with Crippen molar-refractivity contribution in [3.05, 3.63) is 18.5 Å². The molecule has 4 heteroatoms. The van der Waals surface area contributed by atoms with Crippen LogP contribution in [0.4, 0.5) is 5.82 Å². The van der Waals surface area contributed by atoms with Crippen LogP contribution in [0.15, 0.2) is 18.5 Å². The van der Waals surface area contributed by atoms with Crippen LogP contribution in [0.25, 0.3) is 11.2 Å². The topological polar surface area (TPSA) is 34.0 Å². The van der Waals surface area contributed by atoms with E-state index in [0.29, 0.717) is 0 Å². The highest BCUT2D eigenvalue weighted by atomic mass is 15.2. The minimum atomic E-state index is 0.922. The smallest absolute Gasteiger partial charge is 0.161 e. The number of fused-ring (bicyclic) bond motifs is 1. The van der Waals surface area contributed by atoms with E-state index in [9.17, 15) is 0 Å². The molecule has 0 fully saturated rings. The normalized spacial score (nSPS) is 10.7. The van der Waals surface area contributed by atoms with Crippen molar-refractivity contribution in [3.8, 4) is 0 Å². The van der Waals surface area contributed by atoms with E-state index in [0.717, 1.165) is 17.0 Å². The monoisotopic (exact) mass is 176 g/mol. The summed E-state index contributed by atoms with van der Waals surface area (Å²) >= 11 is 0. The van der Waals surface area contributed by atoms with Crippen molar-refractivity contribution in [3.63, 3.8) is 0 Å². The minimum Gasteiger partial charge on any atom is -0.363 e. The summed E-state index contributed by atoms with van der Waals surface area (Å²) in [5.74, 6) is 0.955. The van der Waals surface area contributed by atoms with Gasteiger partial charge in [0.05, 0.1) is 6.33 Å². The summed E-state index contributed by atoms with van der Waals surface area (Å²) in [6, 6.07) is 3.95. The quantitative estimate of drug-likeness (QED) is 0.651. The van der Waals surface area contributed by atoms with Crippen LogP contribution < -0.4 is 4.90 Å². The Morgan fingerprint density at radius 1 is 1.31 bits per heavy atom. The number of anilines is 1. The van der Waals surface area contributed by atoms with Crippen molar-refractivity contribution in [1.82, 2.24) is 14.5 Å². The van der Waals surface area contributed by atoms with Gasteiger partial charge in [-0.1, -0.05) is 0 Å². The molecule has 0 radical (unpaired) electrons. The molecule has 0 saturated heterocycles. The van der Waals surface area contributed by atoms with Crippen molar-refractivity contribution in [1.29, 1.82) is 0 Å². The lowest BCUT2D eigenvalue weighted by Crippen LogP contribution is -2.10. The van der Waals surface area contributed by atoms with E-state index >= 15 is 0 Å². The third-order valence-corrected chi connectivity index (χ3v) is 2.00. The molecule has 2 aromatic heterocycles. The van der Waals surface area contributed by atoms with Crippen LogP contribution in [-0.4, -0.2) is 28.6 Å². The van der Waals surface area contributed by atoms with Crippen molar-refractivity contribution >= 4 is 17.0 Å². The summed E-state index contributed by atoms with van der Waals surface area (Å²) in [6.45, 7) is 0. The van der Waals surface area contributed by atoms with Gasteiger partial charge < -0.3 is 9.47 Å². The van der Waals surface area contributed by atoms with Gasteiger partial charge in [0.1, 0.15) is 11.3 Å². The molecule has 0 atom stereocenters. The first-order chi connectivity index (χ1) is 6.18. The molecule has 0 aliphatic carbocycles. The van der Waals surface area contributed by atoms with Gasteiger partial charge in [-0.2, -0.15) is 0 Å². The number of rotatable bonds is 1. The summed E-state index contributed by atoms with van der Waals surface area (Å²) < 4.78 is 1.92. The van der Waals surface area contributed by atoms with Crippen molar-refractivity contribution in [2.45, 2.75) is 0 Å².